The number of fused-ring (bicyclic) bond motifs is 1. The fraction of sp³-hybridized carbons (Fsp3) is 0.400. The number of nitrogens with zero attached hydrogens (tertiary/aromatic N) is 3. The van der Waals surface area contributed by atoms with E-state index in [1.165, 1.54) is 4.57 Å². The molecule has 36 heavy (non-hydrogen) atoms. The Kier molecular flexibility index (Phi) is 8.63. The van der Waals surface area contributed by atoms with Gasteiger partial charge in [0.25, 0.3) is 0 Å². The summed E-state index contributed by atoms with van der Waals surface area (Å²) in [5.74, 6) is 1.38. The van der Waals surface area contributed by atoms with E-state index < -0.39 is 0 Å². The summed E-state index contributed by atoms with van der Waals surface area (Å²) in [6.45, 7) is 5.57. The average Bonchev–Trinajstić information content (AvgIpc) is 3.19. The van der Waals surface area contributed by atoms with Crippen LogP contribution >= 0.6 is 11.6 Å². The van der Waals surface area contributed by atoms with Crippen molar-refractivity contribution in [1.29, 1.82) is 0 Å². The van der Waals surface area contributed by atoms with E-state index in [0.717, 1.165) is 38.9 Å². The number of urea groups is 1. The molecule has 0 aliphatic carbocycles. The number of piperidine rings is 1. The number of ether oxygens (including phenoxy) is 1. The van der Waals surface area contributed by atoms with Gasteiger partial charge in [0.05, 0.1) is 16.6 Å². The van der Waals surface area contributed by atoms with Gasteiger partial charge in [0, 0.05) is 50.0 Å². The van der Waals surface area contributed by atoms with Gasteiger partial charge in [-0.1, -0.05) is 11.6 Å². The first-order chi connectivity index (χ1) is 17.4. The summed E-state index contributed by atoms with van der Waals surface area (Å²) < 4.78 is 7.42. The summed E-state index contributed by atoms with van der Waals surface area (Å²) >= 11 is 6.35. The number of aromatic nitrogens is 2. The van der Waals surface area contributed by atoms with Crippen molar-refractivity contribution in [3.8, 4) is 11.5 Å². The summed E-state index contributed by atoms with van der Waals surface area (Å²) in [4.78, 5) is 31.0. The molecule has 0 saturated carbocycles. The predicted molar refractivity (Wildman–Crippen MR) is 139 cm³/mol. The number of carbonyl (C=O) groups is 2. The quantitative estimate of drug-likeness (QED) is 0.337. The number of aliphatic hydroxyl groups excluding tert-OH is 1. The smallest absolute Gasteiger partial charge is 0.326 e. The molecular formula is C25H31ClN6O4. The number of carbonyl (C=O) groups excluding carboxylic acids is 2. The van der Waals surface area contributed by atoms with Crippen LogP contribution in [-0.4, -0.2) is 70.4 Å². The Morgan fingerprint density at radius 3 is 2.72 bits per heavy atom. The van der Waals surface area contributed by atoms with Crippen molar-refractivity contribution >= 4 is 40.4 Å². The fourth-order valence-corrected chi connectivity index (χ4v) is 4.37. The number of nitrogens with one attached hydrogen (secondary N) is 3. The van der Waals surface area contributed by atoms with Gasteiger partial charge in [0.1, 0.15) is 17.3 Å². The Morgan fingerprint density at radius 1 is 1.17 bits per heavy atom. The Labute approximate surface area is 214 Å². The van der Waals surface area contributed by atoms with Crippen molar-refractivity contribution < 1.29 is 19.4 Å². The summed E-state index contributed by atoms with van der Waals surface area (Å²) in [5, 5.41) is 19.0. The van der Waals surface area contributed by atoms with E-state index in [0.29, 0.717) is 46.3 Å². The summed E-state index contributed by atoms with van der Waals surface area (Å²) in [6, 6.07) is 8.00. The molecule has 4 N–H and O–H groups in total. The second-order valence-corrected chi connectivity index (χ2v) is 9.05. The van der Waals surface area contributed by atoms with Gasteiger partial charge >= 0.3 is 12.1 Å². The van der Waals surface area contributed by atoms with Gasteiger partial charge in [-0.3, -0.25) is 9.88 Å². The van der Waals surface area contributed by atoms with E-state index in [2.05, 4.69) is 25.8 Å². The van der Waals surface area contributed by atoms with Crippen LogP contribution in [0.3, 0.4) is 0 Å². The first-order valence-electron chi connectivity index (χ1n) is 12.1. The highest BCUT2D eigenvalue weighted by Gasteiger charge is 2.16. The van der Waals surface area contributed by atoms with Gasteiger partial charge in [-0.25, -0.2) is 14.6 Å². The van der Waals surface area contributed by atoms with E-state index in [1.807, 2.05) is 6.92 Å². The van der Waals surface area contributed by atoms with Gasteiger partial charge in [0.15, 0.2) is 0 Å². The van der Waals surface area contributed by atoms with Gasteiger partial charge in [-0.05, 0) is 57.0 Å². The number of hydrogen-bond acceptors (Lipinski definition) is 6. The number of hydrogen-bond donors (Lipinski definition) is 4. The molecular weight excluding hydrogens is 484 g/mol. The molecule has 3 heterocycles. The van der Waals surface area contributed by atoms with Crippen molar-refractivity contribution in [1.82, 2.24) is 25.1 Å². The maximum Gasteiger partial charge on any atom is 0.326 e. The number of anilines is 1. The number of benzene rings is 1. The minimum absolute atomic E-state index is 0.182. The molecule has 11 heteroatoms. The second-order valence-electron chi connectivity index (χ2n) is 8.65. The number of aliphatic hydroxyl groups is 1. The highest BCUT2D eigenvalue weighted by atomic mass is 35.5. The minimum Gasteiger partial charge on any atom is -0.457 e. The molecule has 0 radical (unpaired) electrons. The SMILES string of the molecule is CCNC(=O)n1cc(Cl)c2cc(Oc3ccnc(NC(=O)NCCCN4CCC(O)CC4)c3)ccc21. The fourth-order valence-electron chi connectivity index (χ4n) is 4.12. The predicted octanol–water partition coefficient (Wildman–Crippen LogP) is 4.03. The van der Waals surface area contributed by atoms with Gasteiger partial charge in [-0.15, -0.1) is 0 Å². The monoisotopic (exact) mass is 514 g/mol. The standard InChI is InChI=1S/C25H31ClN6O4/c1-2-27-25(35)32-16-21(26)20-14-18(4-5-22(20)32)36-19-6-10-28-23(15-19)30-24(34)29-9-3-11-31-12-7-17(33)8-13-31/h4-6,10,14-17,33H,2-3,7-9,11-13H2,1H3,(H,27,35)(H2,28,29,30,34). The molecule has 0 spiro atoms. The highest BCUT2D eigenvalue weighted by Crippen LogP contribution is 2.31. The van der Waals surface area contributed by atoms with Gasteiger partial charge in [-0.2, -0.15) is 0 Å². The van der Waals surface area contributed by atoms with Crippen LogP contribution in [0, 0.1) is 0 Å². The third kappa shape index (κ3) is 6.66. The summed E-state index contributed by atoms with van der Waals surface area (Å²) in [5.41, 5.74) is 0.671. The number of amides is 3. The van der Waals surface area contributed by atoms with Crippen molar-refractivity contribution in [2.24, 2.45) is 0 Å². The molecule has 10 nitrogen and oxygen atoms in total. The molecule has 1 saturated heterocycles. The van der Waals surface area contributed by atoms with Crippen LogP contribution < -0.4 is 20.7 Å². The summed E-state index contributed by atoms with van der Waals surface area (Å²) in [6.07, 6.45) is 5.38. The molecule has 1 aromatic carbocycles. The van der Waals surface area contributed by atoms with E-state index in [9.17, 15) is 14.7 Å². The Hall–Kier alpha value is -3.34. The third-order valence-corrected chi connectivity index (χ3v) is 6.28. The summed E-state index contributed by atoms with van der Waals surface area (Å²) in [7, 11) is 0. The van der Waals surface area contributed by atoms with Crippen molar-refractivity contribution in [2.75, 3.05) is 38.0 Å². The largest absolute Gasteiger partial charge is 0.457 e. The lowest BCUT2D eigenvalue weighted by Gasteiger charge is -2.29. The molecule has 0 atom stereocenters. The molecule has 0 unspecified atom stereocenters. The van der Waals surface area contributed by atoms with Crippen LogP contribution in [-0.2, 0) is 0 Å². The Morgan fingerprint density at radius 2 is 1.94 bits per heavy atom. The minimum atomic E-state index is -0.339. The van der Waals surface area contributed by atoms with E-state index in [1.54, 1.807) is 42.7 Å². The van der Waals surface area contributed by atoms with E-state index >= 15 is 0 Å². The zero-order chi connectivity index (χ0) is 25.5. The van der Waals surface area contributed by atoms with Crippen LogP contribution in [0.2, 0.25) is 5.02 Å². The maximum atomic E-state index is 12.3. The highest BCUT2D eigenvalue weighted by molar-refractivity contribution is 6.36. The zero-order valence-electron chi connectivity index (χ0n) is 20.2. The third-order valence-electron chi connectivity index (χ3n) is 5.98. The topological polar surface area (TPSA) is 121 Å². The lowest BCUT2D eigenvalue weighted by Crippen LogP contribution is -2.38. The first kappa shape index (κ1) is 25.7. The van der Waals surface area contributed by atoms with Crippen molar-refractivity contribution in [2.45, 2.75) is 32.3 Å². The Balaban J connectivity index is 1.30. The van der Waals surface area contributed by atoms with Crippen molar-refractivity contribution in [3.05, 3.63) is 47.7 Å². The van der Waals surface area contributed by atoms with E-state index in [4.69, 9.17) is 16.3 Å². The molecule has 1 aliphatic rings. The maximum absolute atomic E-state index is 12.3. The molecule has 0 bridgehead atoms. The molecule has 1 aliphatic heterocycles. The number of likely N-dealkylation sites (tertiary alicyclic amines) is 1. The van der Waals surface area contributed by atoms with Crippen LogP contribution in [0.15, 0.2) is 42.7 Å². The zero-order valence-corrected chi connectivity index (χ0v) is 20.9. The molecule has 4 rings (SSSR count). The molecule has 192 valence electrons. The van der Waals surface area contributed by atoms with Crippen molar-refractivity contribution in [3.63, 3.8) is 0 Å². The van der Waals surface area contributed by atoms with Gasteiger partial charge < -0.3 is 25.4 Å². The second kappa shape index (κ2) is 12.1. The number of halogens is 1. The molecule has 1 fully saturated rings. The lowest BCUT2D eigenvalue weighted by atomic mass is 10.1. The van der Waals surface area contributed by atoms with Gasteiger partial charge in [0.2, 0.25) is 0 Å². The van der Waals surface area contributed by atoms with Crippen LogP contribution in [0.1, 0.15) is 26.2 Å². The average molecular weight is 515 g/mol. The normalized spacial score (nSPS) is 14.5. The molecule has 2 aromatic heterocycles. The molecule has 3 aromatic rings. The van der Waals surface area contributed by atoms with Crippen LogP contribution in [0.25, 0.3) is 10.9 Å². The Bertz CT molecular complexity index is 1210. The van der Waals surface area contributed by atoms with E-state index in [-0.39, 0.29) is 18.2 Å². The van der Waals surface area contributed by atoms with Crippen LogP contribution in [0.5, 0.6) is 11.5 Å². The van der Waals surface area contributed by atoms with Crippen LogP contribution in [0.4, 0.5) is 15.4 Å². The first-order valence-corrected chi connectivity index (χ1v) is 12.5. The number of rotatable bonds is 8. The number of pyridine rings is 1. The lowest BCUT2D eigenvalue weighted by molar-refractivity contribution is 0.0822. The molecule has 3 amide bonds.